The van der Waals surface area contributed by atoms with Crippen molar-refractivity contribution in [2.75, 3.05) is 33.7 Å². The van der Waals surface area contributed by atoms with Crippen molar-refractivity contribution in [2.45, 2.75) is 71.1 Å². The third kappa shape index (κ3) is 4.10. The van der Waals surface area contributed by atoms with Crippen LogP contribution in [0.2, 0.25) is 0 Å². The minimum atomic E-state index is 0.280. The van der Waals surface area contributed by atoms with E-state index in [1.54, 1.807) is 0 Å². The Kier molecular flexibility index (Phi) is 6.61. The number of fused-ring (bicyclic) bond motifs is 2. The van der Waals surface area contributed by atoms with Crippen molar-refractivity contribution in [3.63, 3.8) is 0 Å². The maximum absolute atomic E-state index is 5.90. The first kappa shape index (κ1) is 22.6. The number of benzene rings is 1. The van der Waals surface area contributed by atoms with E-state index >= 15 is 0 Å². The first-order chi connectivity index (χ1) is 14.8. The predicted octanol–water partition coefficient (Wildman–Crippen LogP) is 4.07. The smallest absolute Gasteiger partial charge is 0.170 e. The number of aromatic amines is 1. The van der Waals surface area contributed by atoms with Gasteiger partial charge in [-0.2, -0.15) is 0 Å². The largest absolute Gasteiger partial charge is 0.358 e. The van der Waals surface area contributed by atoms with Crippen molar-refractivity contribution in [1.29, 1.82) is 0 Å². The van der Waals surface area contributed by atoms with Crippen molar-refractivity contribution in [3.8, 4) is 0 Å². The average molecular weight is 442 g/mol. The summed E-state index contributed by atoms with van der Waals surface area (Å²) in [6.45, 7) is 12.1. The standard InChI is InChI=1S/C25H39N5S/c1-7-12-29-15-18(27-25(31)30(8-2)17(4)28(5)6)13-21-19-10-9-11-22-24(19)20(14-23(21)29)16(3)26-22/h9-11,17-18,21,23,26H,7-8,12-15H2,1-6H3,(H,27,31)/t17?,18-,21+,23+/m0/s1. The number of thiocarbonyl (C=S) groups is 1. The van der Waals surface area contributed by atoms with Crippen LogP contribution in [0.4, 0.5) is 0 Å². The second-order valence-electron chi connectivity index (χ2n) is 9.63. The molecule has 1 saturated heterocycles. The maximum atomic E-state index is 5.90. The number of piperidine rings is 1. The first-order valence-electron chi connectivity index (χ1n) is 11.9. The summed E-state index contributed by atoms with van der Waals surface area (Å²) in [7, 11) is 4.23. The van der Waals surface area contributed by atoms with E-state index in [2.05, 4.69) is 85.0 Å². The Morgan fingerprint density at radius 3 is 2.77 bits per heavy atom. The van der Waals surface area contributed by atoms with Gasteiger partial charge in [-0.05, 0) is 90.1 Å². The lowest BCUT2D eigenvalue weighted by molar-refractivity contribution is 0.101. The Morgan fingerprint density at radius 2 is 2.10 bits per heavy atom. The van der Waals surface area contributed by atoms with Gasteiger partial charge >= 0.3 is 0 Å². The molecule has 5 nitrogen and oxygen atoms in total. The molecule has 4 atom stereocenters. The number of nitrogens with one attached hydrogen (secondary N) is 2. The highest BCUT2D eigenvalue weighted by Crippen LogP contribution is 2.44. The van der Waals surface area contributed by atoms with E-state index in [1.165, 1.54) is 34.1 Å². The van der Waals surface area contributed by atoms with E-state index in [4.69, 9.17) is 12.2 Å². The minimum Gasteiger partial charge on any atom is -0.358 e. The number of likely N-dealkylation sites (tertiary alicyclic amines) is 1. The van der Waals surface area contributed by atoms with E-state index in [1.807, 2.05) is 0 Å². The van der Waals surface area contributed by atoms with Gasteiger partial charge in [-0.1, -0.05) is 19.1 Å². The zero-order valence-electron chi connectivity index (χ0n) is 20.0. The monoisotopic (exact) mass is 441 g/mol. The third-order valence-electron chi connectivity index (χ3n) is 7.55. The molecule has 2 N–H and O–H groups in total. The molecule has 2 heterocycles. The lowest BCUT2D eigenvalue weighted by atomic mass is 9.73. The van der Waals surface area contributed by atoms with Crippen LogP contribution >= 0.6 is 12.2 Å². The lowest BCUT2D eigenvalue weighted by Crippen LogP contribution is -2.59. The van der Waals surface area contributed by atoms with Gasteiger partial charge in [0.25, 0.3) is 0 Å². The Bertz CT molecular complexity index is 935. The zero-order chi connectivity index (χ0) is 22.3. The minimum absolute atomic E-state index is 0.280. The van der Waals surface area contributed by atoms with Gasteiger partial charge in [0.15, 0.2) is 5.11 Å². The van der Waals surface area contributed by atoms with Gasteiger partial charge in [0.1, 0.15) is 0 Å². The highest BCUT2D eigenvalue weighted by Gasteiger charge is 2.41. The van der Waals surface area contributed by atoms with Crippen LogP contribution in [0.3, 0.4) is 0 Å². The number of hydrogen-bond acceptors (Lipinski definition) is 3. The second-order valence-corrected chi connectivity index (χ2v) is 10.0. The van der Waals surface area contributed by atoms with Crippen molar-refractivity contribution in [3.05, 3.63) is 35.0 Å². The van der Waals surface area contributed by atoms with Crippen LogP contribution in [0.1, 0.15) is 56.4 Å². The van der Waals surface area contributed by atoms with Crippen LogP contribution in [-0.4, -0.2) is 76.8 Å². The molecule has 6 heteroatoms. The summed E-state index contributed by atoms with van der Waals surface area (Å²) in [5, 5.41) is 6.14. The number of nitrogens with zero attached hydrogens (tertiary/aromatic N) is 3. The Morgan fingerprint density at radius 1 is 1.32 bits per heavy atom. The number of hydrogen-bond donors (Lipinski definition) is 2. The van der Waals surface area contributed by atoms with E-state index in [-0.39, 0.29) is 6.17 Å². The van der Waals surface area contributed by atoms with E-state index < -0.39 is 0 Å². The van der Waals surface area contributed by atoms with E-state index in [0.717, 1.165) is 37.6 Å². The van der Waals surface area contributed by atoms with Crippen LogP contribution in [0.25, 0.3) is 10.9 Å². The van der Waals surface area contributed by atoms with E-state index in [0.29, 0.717) is 18.0 Å². The summed E-state index contributed by atoms with van der Waals surface area (Å²) in [5.74, 6) is 0.549. The molecule has 1 unspecified atom stereocenters. The van der Waals surface area contributed by atoms with Crippen LogP contribution < -0.4 is 5.32 Å². The molecule has 0 amide bonds. The fourth-order valence-corrected chi connectivity index (χ4v) is 6.28. The molecule has 1 aromatic carbocycles. The van der Waals surface area contributed by atoms with Gasteiger partial charge in [-0.25, -0.2) is 0 Å². The normalized spacial score (nSPS) is 24.3. The lowest BCUT2D eigenvalue weighted by Gasteiger charge is -2.48. The van der Waals surface area contributed by atoms with Crippen molar-refractivity contribution in [1.82, 2.24) is 25.0 Å². The topological polar surface area (TPSA) is 37.5 Å². The predicted molar refractivity (Wildman–Crippen MR) is 135 cm³/mol. The molecule has 170 valence electrons. The molecule has 1 aliphatic carbocycles. The molecule has 0 saturated carbocycles. The summed E-state index contributed by atoms with van der Waals surface area (Å²) in [4.78, 5) is 10.9. The number of rotatable bonds is 6. The SMILES string of the molecule is CCCN1C[C@@H](NC(=S)N(CC)C(C)N(C)C)C[C@@H]2c3cccc4[nH]c(C)c(c34)C[C@H]21. The highest BCUT2D eigenvalue weighted by atomic mass is 32.1. The quantitative estimate of drug-likeness (QED) is 0.522. The fraction of sp³-hybridized carbons (Fsp3) is 0.640. The molecular formula is C25H39N5S. The van der Waals surface area contributed by atoms with Gasteiger partial charge in [0.2, 0.25) is 0 Å². The van der Waals surface area contributed by atoms with Crippen LogP contribution in [0, 0.1) is 6.92 Å². The van der Waals surface area contributed by atoms with Crippen LogP contribution in [-0.2, 0) is 6.42 Å². The summed E-state index contributed by atoms with van der Waals surface area (Å²) < 4.78 is 0. The molecule has 2 aliphatic rings. The van der Waals surface area contributed by atoms with Crippen molar-refractivity contribution in [2.24, 2.45) is 0 Å². The molecule has 0 radical (unpaired) electrons. The molecule has 0 bridgehead atoms. The van der Waals surface area contributed by atoms with Gasteiger partial charge in [0.05, 0.1) is 6.17 Å². The molecule has 31 heavy (non-hydrogen) atoms. The average Bonchev–Trinajstić information content (AvgIpc) is 3.06. The van der Waals surface area contributed by atoms with Gasteiger partial charge in [0, 0.05) is 47.7 Å². The zero-order valence-corrected chi connectivity index (χ0v) is 20.9. The number of aryl methyl sites for hydroxylation is 1. The fourth-order valence-electron chi connectivity index (χ4n) is 5.83. The van der Waals surface area contributed by atoms with Crippen LogP contribution in [0.15, 0.2) is 18.2 Å². The van der Waals surface area contributed by atoms with Crippen molar-refractivity contribution < 1.29 is 0 Å². The van der Waals surface area contributed by atoms with Crippen molar-refractivity contribution >= 4 is 28.2 Å². The molecular weight excluding hydrogens is 402 g/mol. The highest BCUT2D eigenvalue weighted by molar-refractivity contribution is 7.80. The Balaban J connectivity index is 1.61. The third-order valence-corrected chi connectivity index (χ3v) is 7.90. The molecule has 1 aliphatic heterocycles. The maximum Gasteiger partial charge on any atom is 0.170 e. The Hall–Kier alpha value is -1.63. The van der Waals surface area contributed by atoms with Crippen LogP contribution in [0.5, 0.6) is 0 Å². The first-order valence-corrected chi connectivity index (χ1v) is 12.3. The van der Waals surface area contributed by atoms with Gasteiger partial charge in [-0.15, -0.1) is 0 Å². The molecule has 4 rings (SSSR count). The molecule has 0 spiro atoms. The summed E-state index contributed by atoms with van der Waals surface area (Å²) in [6, 6.07) is 7.79. The molecule has 2 aromatic rings. The summed E-state index contributed by atoms with van der Waals surface area (Å²) in [6.07, 6.45) is 3.76. The summed E-state index contributed by atoms with van der Waals surface area (Å²) in [5.41, 5.74) is 5.70. The second kappa shape index (κ2) is 9.08. The summed E-state index contributed by atoms with van der Waals surface area (Å²) >= 11 is 5.90. The number of aromatic nitrogens is 1. The number of H-pyrrole nitrogens is 1. The Labute approximate surface area is 193 Å². The molecule has 1 fully saturated rings. The van der Waals surface area contributed by atoms with Gasteiger partial charge < -0.3 is 15.2 Å². The van der Waals surface area contributed by atoms with E-state index in [9.17, 15) is 0 Å². The molecule has 1 aromatic heterocycles. The van der Waals surface area contributed by atoms with Gasteiger partial charge in [-0.3, -0.25) is 9.80 Å².